The Kier molecular flexibility index (Phi) is 8.09. The third kappa shape index (κ3) is 5.84. The van der Waals surface area contributed by atoms with E-state index in [1.165, 1.54) is 75.5 Å². The van der Waals surface area contributed by atoms with E-state index in [2.05, 4.69) is 217 Å². The van der Waals surface area contributed by atoms with Gasteiger partial charge >= 0.3 is 0 Å². The zero-order chi connectivity index (χ0) is 35.8. The van der Waals surface area contributed by atoms with Crippen LogP contribution in [0.3, 0.4) is 0 Å². The lowest BCUT2D eigenvalue weighted by atomic mass is 9.89. The SMILES string of the molecule is c1ccc(-c2cc(-c3ccccc3)c(N(c3ccc4cc(-c5ccccc5)ccc4c3)c3ccc4c(c3)sc3ccccc34)c(-c3ccccc3)c2)cc1. The average molecular weight is 706 g/mol. The summed E-state index contributed by atoms with van der Waals surface area (Å²) in [7, 11) is 0. The van der Waals surface area contributed by atoms with Crippen molar-refractivity contribution in [1.29, 1.82) is 0 Å². The largest absolute Gasteiger partial charge is 0.309 e. The van der Waals surface area contributed by atoms with Gasteiger partial charge in [-0.1, -0.05) is 164 Å². The fraction of sp³-hybridized carbons (Fsp3) is 0. The molecule has 54 heavy (non-hydrogen) atoms. The Morgan fingerprint density at radius 1 is 0.296 bits per heavy atom. The Hall–Kier alpha value is -6.74. The van der Waals surface area contributed by atoms with E-state index in [-0.39, 0.29) is 0 Å². The Balaban J connectivity index is 1.27. The van der Waals surface area contributed by atoms with Crippen LogP contribution in [0.4, 0.5) is 17.1 Å². The summed E-state index contributed by atoms with van der Waals surface area (Å²) < 4.78 is 2.58. The monoisotopic (exact) mass is 705 g/mol. The molecule has 0 radical (unpaired) electrons. The fourth-order valence-corrected chi connectivity index (χ4v) is 8.93. The number of fused-ring (bicyclic) bond motifs is 4. The van der Waals surface area contributed by atoms with E-state index in [1.54, 1.807) is 0 Å². The van der Waals surface area contributed by atoms with Gasteiger partial charge in [0.2, 0.25) is 0 Å². The Labute approximate surface area is 319 Å². The van der Waals surface area contributed by atoms with E-state index in [4.69, 9.17) is 0 Å². The molecule has 0 bridgehead atoms. The molecule has 0 fully saturated rings. The van der Waals surface area contributed by atoms with Crippen molar-refractivity contribution in [2.24, 2.45) is 0 Å². The van der Waals surface area contributed by atoms with Crippen molar-refractivity contribution in [2.45, 2.75) is 0 Å². The number of anilines is 3. The van der Waals surface area contributed by atoms with Crippen LogP contribution in [0.1, 0.15) is 0 Å². The Morgan fingerprint density at radius 3 is 1.43 bits per heavy atom. The molecule has 254 valence electrons. The summed E-state index contributed by atoms with van der Waals surface area (Å²) in [5.74, 6) is 0. The lowest BCUT2D eigenvalue weighted by molar-refractivity contribution is 1.29. The lowest BCUT2D eigenvalue weighted by Crippen LogP contribution is -2.13. The van der Waals surface area contributed by atoms with Crippen LogP contribution in [0.25, 0.3) is 75.5 Å². The van der Waals surface area contributed by atoms with Crippen LogP contribution < -0.4 is 4.90 Å². The molecule has 0 unspecified atom stereocenters. The molecule has 0 N–H and O–H groups in total. The number of benzene rings is 9. The van der Waals surface area contributed by atoms with Crippen LogP contribution >= 0.6 is 11.3 Å². The number of hydrogen-bond acceptors (Lipinski definition) is 2. The molecular formula is C52H35NS. The molecule has 0 aliphatic heterocycles. The molecule has 1 aromatic heterocycles. The maximum Gasteiger partial charge on any atom is 0.0618 e. The number of hydrogen-bond donors (Lipinski definition) is 0. The average Bonchev–Trinajstić information content (AvgIpc) is 3.63. The quantitative estimate of drug-likeness (QED) is 0.160. The van der Waals surface area contributed by atoms with Gasteiger partial charge in [-0.25, -0.2) is 0 Å². The van der Waals surface area contributed by atoms with Crippen molar-refractivity contribution in [3.05, 3.63) is 212 Å². The van der Waals surface area contributed by atoms with Gasteiger partial charge in [-0.3, -0.25) is 0 Å². The van der Waals surface area contributed by atoms with Gasteiger partial charge in [-0.2, -0.15) is 0 Å². The molecule has 1 heterocycles. The van der Waals surface area contributed by atoms with Crippen molar-refractivity contribution < 1.29 is 0 Å². The molecule has 0 aliphatic carbocycles. The summed E-state index contributed by atoms with van der Waals surface area (Å²) >= 11 is 1.86. The van der Waals surface area contributed by atoms with Gasteiger partial charge in [0.1, 0.15) is 0 Å². The minimum absolute atomic E-state index is 1.11. The first-order valence-corrected chi connectivity index (χ1v) is 19.2. The molecule has 0 saturated heterocycles. The van der Waals surface area contributed by atoms with Gasteiger partial charge in [0.15, 0.2) is 0 Å². The predicted molar refractivity (Wildman–Crippen MR) is 233 cm³/mol. The predicted octanol–water partition coefficient (Wildman–Crippen LogP) is 15.3. The fourth-order valence-electron chi connectivity index (χ4n) is 7.79. The molecular weight excluding hydrogens is 671 g/mol. The highest BCUT2D eigenvalue weighted by Gasteiger charge is 2.24. The topological polar surface area (TPSA) is 3.24 Å². The third-order valence-corrected chi connectivity index (χ3v) is 11.6. The number of thiophene rings is 1. The highest BCUT2D eigenvalue weighted by molar-refractivity contribution is 7.25. The zero-order valence-electron chi connectivity index (χ0n) is 29.6. The Bertz CT molecular complexity index is 2850. The molecule has 0 aliphatic rings. The van der Waals surface area contributed by atoms with E-state index >= 15 is 0 Å². The Morgan fingerprint density at radius 2 is 0.778 bits per heavy atom. The van der Waals surface area contributed by atoms with Gasteiger partial charge in [0.05, 0.1) is 5.69 Å². The summed E-state index contributed by atoms with van der Waals surface area (Å²) in [5, 5.41) is 5.00. The molecule has 10 aromatic rings. The van der Waals surface area contributed by atoms with E-state index in [9.17, 15) is 0 Å². The van der Waals surface area contributed by atoms with Gasteiger partial charge in [-0.05, 0) is 92.7 Å². The number of rotatable bonds is 7. The highest BCUT2D eigenvalue weighted by atomic mass is 32.1. The van der Waals surface area contributed by atoms with Gasteiger partial charge in [0, 0.05) is 42.7 Å². The van der Waals surface area contributed by atoms with Gasteiger partial charge < -0.3 is 4.90 Å². The summed E-state index contributed by atoms with van der Waals surface area (Å²) in [5.41, 5.74) is 12.9. The summed E-state index contributed by atoms with van der Waals surface area (Å²) in [6.07, 6.45) is 0. The van der Waals surface area contributed by atoms with E-state index in [1.807, 2.05) is 11.3 Å². The third-order valence-electron chi connectivity index (χ3n) is 10.4. The second kappa shape index (κ2) is 13.7. The van der Waals surface area contributed by atoms with Crippen molar-refractivity contribution in [3.8, 4) is 44.5 Å². The van der Waals surface area contributed by atoms with Crippen molar-refractivity contribution in [2.75, 3.05) is 4.90 Å². The van der Waals surface area contributed by atoms with E-state index in [0.717, 1.165) is 17.1 Å². The minimum atomic E-state index is 1.11. The van der Waals surface area contributed by atoms with Gasteiger partial charge in [-0.15, -0.1) is 11.3 Å². The van der Waals surface area contributed by atoms with E-state index in [0.29, 0.717) is 0 Å². The van der Waals surface area contributed by atoms with Crippen molar-refractivity contribution in [3.63, 3.8) is 0 Å². The zero-order valence-corrected chi connectivity index (χ0v) is 30.4. The molecule has 2 heteroatoms. The first kappa shape index (κ1) is 32.0. The summed E-state index contributed by atoms with van der Waals surface area (Å²) in [6, 6.07) is 77.4. The van der Waals surface area contributed by atoms with Crippen LogP contribution in [-0.2, 0) is 0 Å². The molecule has 0 saturated carbocycles. The molecule has 0 spiro atoms. The first-order valence-electron chi connectivity index (χ1n) is 18.4. The molecule has 0 amide bonds. The molecule has 9 aromatic carbocycles. The highest BCUT2D eigenvalue weighted by Crippen LogP contribution is 2.50. The summed E-state index contributed by atoms with van der Waals surface area (Å²) in [6.45, 7) is 0. The maximum atomic E-state index is 2.49. The van der Waals surface area contributed by atoms with E-state index < -0.39 is 0 Å². The van der Waals surface area contributed by atoms with Crippen LogP contribution in [0.2, 0.25) is 0 Å². The normalized spacial score (nSPS) is 11.3. The van der Waals surface area contributed by atoms with Crippen LogP contribution in [0.15, 0.2) is 212 Å². The van der Waals surface area contributed by atoms with Crippen molar-refractivity contribution >= 4 is 59.3 Å². The second-order valence-electron chi connectivity index (χ2n) is 13.7. The standard InChI is InChI=1S/C52H35NS/c1-5-15-36(16-6-1)40-25-26-42-32-44(28-27-41(42)31-40)53(45-29-30-47-46-23-13-14-24-50(46)54-51(47)35-45)52-48(38-19-9-3-10-20-38)33-43(37-17-7-2-8-18-37)34-49(52)39-21-11-4-12-22-39/h1-35H. The lowest BCUT2D eigenvalue weighted by Gasteiger charge is -2.31. The summed E-state index contributed by atoms with van der Waals surface area (Å²) in [4.78, 5) is 2.49. The maximum absolute atomic E-state index is 2.49. The minimum Gasteiger partial charge on any atom is -0.309 e. The van der Waals surface area contributed by atoms with Crippen molar-refractivity contribution in [1.82, 2.24) is 0 Å². The van der Waals surface area contributed by atoms with Crippen LogP contribution in [0, 0.1) is 0 Å². The second-order valence-corrected chi connectivity index (χ2v) is 14.8. The molecule has 1 nitrogen and oxygen atoms in total. The smallest absolute Gasteiger partial charge is 0.0618 e. The first-order chi connectivity index (χ1) is 26.8. The molecule has 0 atom stereocenters. The number of nitrogens with zero attached hydrogens (tertiary/aromatic N) is 1. The van der Waals surface area contributed by atoms with Crippen LogP contribution in [0.5, 0.6) is 0 Å². The molecule has 10 rings (SSSR count). The van der Waals surface area contributed by atoms with Crippen LogP contribution in [-0.4, -0.2) is 0 Å². The van der Waals surface area contributed by atoms with Gasteiger partial charge in [0.25, 0.3) is 0 Å².